The molecule has 0 heterocycles. The highest BCUT2D eigenvalue weighted by molar-refractivity contribution is 5.35. The van der Waals surface area contributed by atoms with Crippen LogP contribution in [0, 0.1) is 0 Å². The molecule has 1 rings (SSSR count). The minimum Gasteiger partial charge on any atom is -0.211 e. The topological polar surface area (TPSA) is 29.4 Å². The molecule has 0 aromatic heterocycles. The van der Waals surface area contributed by atoms with Gasteiger partial charge in [0, 0.05) is 0 Å². The molecule has 0 bridgehead atoms. The molecule has 0 amide bonds. The molecule has 0 radical (unpaired) electrons. The zero-order chi connectivity index (χ0) is 10.4. The molecule has 0 saturated carbocycles. The standard InChI is InChI=1S/C12H13NO/c1-10(2)12(13-9-14)8-11-6-4-3-5-7-11/h3-7,12H,1,8H2,2H3/t12-/m1/s1. The lowest BCUT2D eigenvalue weighted by atomic mass is 10.0. The van der Waals surface area contributed by atoms with Crippen LogP contribution in [0.2, 0.25) is 0 Å². The second-order valence-corrected chi connectivity index (χ2v) is 3.27. The fourth-order valence-corrected chi connectivity index (χ4v) is 1.23. The number of benzene rings is 1. The summed E-state index contributed by atoms with van der Waals surface area (Å²) in [5.41, 5.74) is 2.04. The van der Waals surface area contributed by atoms with Crippen molar-refractivity contribution in [3.8, 4) is 0 Å². The minimum absolute atomic E-state index is 0.144. The summed E-state index contributed by atoms with van der Waals surface area (Å²) in [7, 11) is 0. The maximum Gasteiger partial charge on any atom is 0.235 e. The summed E-state index contributed by atoms with van der Waals surface area (Å²) in [5, 5.41) is 0. The van der Waals surface area contributed by atoms with Gasteiger partial charge in [-0.1, -0.05) is 42.5 Å². The molecule has 0 N–H and O–H groups in total. The van der Waals surface area contributed by atoms with Crippen molar-refractivity contribution in [1.29, 1.82) is 0 Å². The van der Waals surface area contributed by atoms with Gasteiger partial charge in [-0.2, -0.15) is 4.99 Å². The lowest BCUT2D eigenvalue weighted by Gasteiger charge is -2.09. The Bertz CT molecular complexity index is 348. The van der Waals surface area contributed by atoms with Crippen LogP contribution in [0.3, 0.4) is 0 Å². The number of hydrogen-bond acceptors (Lipinski definition) is 2. The van der Waals surface area contributed by atoms with Crippen LogP contribution in [0.5, 0.6) is 0 Å². The number of isocyanates is 1. The molecule has 72 valence electrons. The first-order valence-corrected chi connectivity index (χ1v) is 4.50. The predicted octanol–water partition coefficient (Wildman–Crippen LogP) is 2.51. The Kier molecular flexibility index (Phi) is 3.84. The zero-order valence-corrected chi connectivity index (χ0v) is 8.23. The van der Waals surface area contributed by atoms with Crippen molar-refractivity contribution in [3.05, 3.63) is 48.0 Å². The van der Waals surface area contributed by atoms with Crippen LogP contribution in [0.1, 0.15) is 12.5 Å². The summed E-state index contributed by atoms with van der Waals surface area (Å²) < 4.78 is 0. The Morgan fingerprint density at radius 3 is 2.64 bits per heavy atom. The van der Waals surface area contributed by atoms with Crippen molar-refractivity contribution in [1.82, 2.24) is 0 Å². The largest absolute Gasteiger partial charge is 0.235 e. The van der Waals surface area contributed by atoms with E-state index in [0.29, 0.717) is 6.42 Å². The number of nitrogens with zero attached hydrogens (tertiary/aromatic N) is 1. The van der Waals surface area contributed by atoms with E-state index in [1.807, 2.05) is 37.3 Å². The van der Waals surface area contributed by atoms with E-state index in [-0.39, 0.29) is 6.04 Å². The highest BCUT2D eigenvalue weighted by Gasteiger charge is 2.07. The van der Waals surface area contributed by atoms with E-state index in [1.165, 1.54) is 0 Å². The molecule has 0 aliphatic rings. The van der Waals surface area contributed by atoms with Gasteiger partial charge in [0.05, 0.1) is 6.04 Å². The molecular formula is C12H13NO. The first-order chi connectivity index (χ1) is 6.74. The lowest BCUT2D eigenvalue weighted by molar-refractivity contribution is 0.559. The van der Waals surface area contributed by atoms with Gasteiger partial charge in [-0.25, -0.2) is 4.79 Å². The van der Waals surface area contributed by atoms with Crippen LogP contribution < -0.4 is 0 Å². The molecule has 0 aliphatic carbocycles. The molecule has 1 aromatic rings. The average molecular weight is 187 g/mol. The second kappa shape index (κ2) is 5.15. The van der Waals surface area contributed by atoms with E-state index < -0.39 is 0 Å². The highest BCUT2D eigenvalue weighted by atomic mass is 16.1. The second-order valence-electron chi connectivity index (χ2n) is 3.27. The van der Waals surface area contributed by atoms with E-state index in [9.17, 15) is 4.79 Å². The van der Waals surface area contributed by atoms with E-state index in [2.05, 4.69) is 11.6 Å². The van der Waals surface area contributed by atoms with Gasteiger partial charge in [0.15, 0.2) is 0 Å². The Balaban J connectivity index is 2.75. The highest BCUT2D eigenvalue weighted by Crippen LogP contribution is 2.11. The van der Waals surface area contributed by atoms with E-state index in [1.54, 1.807) is 6.08 Å². The van der Waals surface area contributed by atoms with E-state index >= 15 is 0 Å². The SMILES string of the molecule is C=C(C)[C@@H](Cc1ccccc1)N=C=O. The fraction of sp³-hybridized carbons (Fsp3) is 0.250. The summed E-state index contributed by atoms with van der Waals surface area (Å²) >= 11 is 0. The van der Waals surface area contributed by atoms with Gasteiger partial charge in [-0.3, -0.25) is 0 Å². The Morgan fingerprint density at radius 1 is 1.50 bits per heavy atom. The van der Waals surface area contributed by atoms with Crippen molar-refractivity contribution in [2.75, 3.05) is 0 Å². The molecule has 2 heteroatoms. The maximum absolute atomic E-state index is 10.2. The van der Waals surface area contributed by atoms with Gasteiger partial charge in [0.25, 0.3) is 0 Å². The van der Waals surface area contributed by atoms with Crippen LogP contribution in [0.25, 0.3) is 0 Å². The third-order valence-corrected chi connectivity index (χ3v) is 2.05. The van der Waals surface area contributed by atoms with Crippen LogP contribution in [-0.2, 0) is 11.2 Å². The first-order valence-electron chi connectivity index (χ1n) is 4.50. The smallest absolute Gasteiger partial charge is 0.211 e. The van der Waals surface area contributed by atoms with Crippen LogP contribution in [0.4, 0.5) is 0 Å². The molecule has 0 saturated heterocycles. The molecule has 1 atom stereocenters. The molecule has 14 heavy (non-hydrogen) atoms. The molecular weight excluding hydrogens is 174 g/mol. The summed E-state index contributed by atoms with van der Waals surface area (Å²) in [6, 6.07) is 9.77. The van der Waals surface area contributed by atoms with Gasteiger partial charge in [0.1, 0.15) is 0 Å². The summed E-state index contributed by atoms with van der Waals surface area (Å²) in [4.78, 5) is 13.9. The molecule has 0 fully saturated rings. The fourth-order valence-electron chi connectivity index (χ4n) is 1.23. The van der Waals surface area contributed by atoms with Gasteiger partial charge < -0.3 is 0 Å². The summed E-state index contributed by atoms with van der Waals surface area (Å²) in [6.07, 6.45) is 2.30. The van der Waals surface area contributed by atoms with Gasteiger partial charge in [-0.15, -0.1) is 0 Å². The van der Waals surface area contributed by atoms with Crippen molar-refractivity contribution in [2.45, 2.75) is 19.4 Å². The Labute approximate surface area is 84.0 Å². The third kappa shape index (κ3) is 3.00. The van der Waals surface area contributed by atoms with Crippen molar-refractivity contribution in [2.24, 2.45) is 4.99 Å². The average Bonchev–Trinajstić information content (AvgIpc) is 2.18. The zero-order valence-electron chi connectivity index (χ0n) is 8.23. The minimum atomic E-state index is -0.144. The Hall–Kier alpha value is -1.66. The molecule has 2 nitrogen and oxygen atoms in total. The van der Waals surface area contributed by atoms with Crippen LogP contribution >= 0.6 is 0 Å². The Morgan fingerprint density at radius 2 is 2.14 bits per heavy atom. The molecule has 0 spiro atoms. The molecule has 0 unspecified atom stereocenters. The maximum atomic E-state index is 10.2. The predicted molar refractivity (Wildman–Crippen MR) is 56.9 cm³/mol. The molecule has 0 aliphatic heterocycles. The molecule has 1 aromatic carbocycles. The number of hydrogen-bond donors (Lipinski definition) is 0. The summed E-state index contributed by atoms with van der Waals surface area (Å²) in [5.74, 6) is 0. The van der Waals surface area contributed by atoms with Crippen LogP contribution in [-0.4, -0.2) is 12.1 Å². The van der Waals surface area contributed by atoms with Gasteiger partial charge >= 0.3 is 0 Å². The monoisotopic (exact) mass is 187 g/mol. The first kappa shape index (κ1) is 10.4. The van der Waals surface area contributed by atoms with E-state index in [0.717, 1.165) is 11.1 Å². The lowest BCUT2D eigenvalue weighted by Crippen LogP contribution is -2.09. The van der Waals surface area contributed by atoms with Gasteiger partial charge in [-0.05, 0) is 18.9 Å². The van der Waals surface area contributed by atoms with Crippen molar-refractivity contribution in [3.63, 3.8) is 0 Å². The number of rotatable bonds is 4. The number of aliphatic imine (C=N–C) groups is 1. The third-order valence-electron chi connectivity index (χ3n) is 2.05. The van der Waals surface area contributed by atoms with Crippen LogP contribution in [0.15, 0.2) is 47.5 Å². The number of carbonyl (C=O) groups excluding carboxylic acids is 1. The summed E-state index contributed by atoms with van der Waals surface area (Å²) in [6.45, 7) is 5.67. The van der Waals surface area contributed by atoms with E-state index in [4.69, 9.17) is 0 Å². The normalized spacial score (nSPS) is 11.5. The van der Waals surface area contributed by atoms with Crippen molar-refractivity contribution >= 4 is 6.08 Å². The van der Waals surface area contributed by atoms with Crippen molar-refractivity contribution < 1.29 is 4.79 Å². The van der Waals surface area contributed by atoms with Gasteiger partial charge in [0.2, 0.25) is 6.08 Å². The quantitative estimate of drug-likeness (QED) is 0.404.